The van der Waals surface area contributed by atoms with Gasteiger partial charge in [0.2, 0.25) is 0 Å². The molecule has 1 aromatic carbocycles. The fourth-order valence-corrected chi connectivity index (χ4v) is 3.40. The number of nitrogens with zero attached hydrogens (tertiary/aromatic N) is 5. The van der Waals surface area contributed by atoms with Crippen LogP contribution in [0.2, 0.25) is 0 Å². The molecule has 1 fully saturated rings. The molecule has 7 nitrogen and oxygen atoms in total. The molecular weight excluding hydrogens is 316 g/mol. The number of rotatable bonds is 6. The molecule has 25 heavy (non-hydrogen) atoms. The molecule has 1 aliphatic rings. The van der Waals surface area contributed by atoms with Crippen molar-refractivity contribution in [1.29, 1.82) is 0 Å². The summed E-state index contributed by atoms with van der Waals surface area (Å²) in [6, 6.07) is 8.52. The molecule has 2 N–H and O–H groups in total. The Morgan fingerprint density at radius 3 is 2.80 bits per heavy atom. The van der Waals surface area contributed by atoms with E-state index in [1.165, 1.54) is 30.4 Å². The van der Waals surface area contributed by atoms with Gasteiger partial charge in [0.15, 0.2) is 5.65 Å². The summed E-state index contributed by atoms with van der Waals surface area (Å²) in [4.78, 5) is 11.1. The van der Waals surface area contributed by atoms with Crippen molar-refractivity contribution in [2.75, 3.05) is 29.9 Å². The minimum absolute atomic E-state index is 0.0345. The Hall–Kier alpha value is -2.67. The summed E-state index contributed by atoms with van der Waals surface area (Å²) in [7, 11) is 0. The molecule has 0 amide bonds. The molecular formula is C18H22N6O. The Morgan fingerprint density at radius 2 is 1.96 bits per heavy atom. The van der Waals surface area contributed by atoms with Gasteiger partial charge < -0.3 is 15.3 Å². The molecule has 0 bridgehead atoms. The van der Waals surface area contributed by atoms with Gasteiger partial charge in [-0.15, -0.1) is 0 Å². The first-order chi connectivity index (χ1) is 12.4. The van der Waals surface area contributed by atoms with Crippen molar-refractivity contribution >= 4 is 22.5 Å². The average molecular weight is 338 g/mol. The Morgan fingerprint density at radius 1 is 1.12 bits per heavy atom. The summed E-state index contributed by atoms with van der Waals surface area (Å²) in [6.45, 7) is 3.42. The molecule has 0 unspecified atom stereocenters. The number of nitrogens with one attached hydrogen (secondary N) is 1. The Balaban J connectivity index is 1.57. The molecule has 7 heteroatoms. The molecule has 4 rings (SSSR count). The van der Waals surface area contributed by atoms with Crippen LogP contribution in [-0.4, -0.2) is 44.6 Å². The first-order valence-electron chi connectivity index (χ1n) is 8.71. The van der Waals surface area contributed by atoms with Crippen LogP contribution in [0.5, 0.6) is 0 Å². The van der Waals surface area contributed by atoms with Crippen molar-refractivity contribution < 1.29 is 5.11 Å². The number of fused-ring (bicyclic) bond motifs is 1. The predicted octanol–water partition coefficient (Wildman–Crippen LogP) is 2.03. The van der Waals surface area contributed by atoms with Gasteiger partial charge in [-0.25, -0.2) is 14.6 Å². The number of aliphatic hydroxyl groups is 1. The van der Waals surface area contributed by atoms with Gasteiger partial charge in [0.05, 0.1) is 24.7 Å². The van der Waals surface area contributed by atoms with Crippen molar-refractivity contribution in [3.8, 4) is 0 Å². The van der Waals surface area contributed by atoms with E-state index in [0.717, 1.165) is 29.9 Å². The molecule has 0 saturated carbocycles. The van der Waals surface area contributed by atoms with E-state index in [1.54, 1.807) is 10.9 Å². The summed E-state index contributed by atoms with van der Waals surface area (Å²) >= 11 is 0. The van der Waals surface area contributed by atoms with Crippen LogP contribution in [0.3, 0.4) is 0 Å². The van der Waals surface area contributed by atoms with Crippen LogP contribution in [0.1, 0.15) is 18.4 Å². The number of anilines is 2. The third-order valence-electron chi connectivity index (χ3n) is 4.63. The number of aliphatic hydroxyl groups excluding tert-OH is 1. The van der Waals surface area contributed by atoms with Gasteiger partial charge in [-0.05, 0) is 24.5 Å². The highest BCUT2D eigenvalue weighted by Gasteiger charge is 2.16. The molecule has 1 aliphatic heterocycles. The average Bonchev–Trinajstić information content (AvgIpc) is 3.31. The van der Waals surface area contributed by atoms with E-state index in [0.29, 0.717) is 13.1 Å². The topological polar surface area (TPSA) is 79.1 Å². The maximum atomic E-state index is 9.13. The maximum Gasteiger partial charge on any atom is 0.163 e. The Kier molecular flexibility index (Phi) is 4.47. The summed E-state index contributed by atoms with van der Waals surface area (Å²) < 4.78 is 1.69. The lowest BCUT2D eigenvalue weighted by Crippen LogP contribution is -2.20. The molecule has 1 saturated heterocycles. The van der Waals surface area contributed by atoms with Crippen LogP contribution < -0.4 is 10.2 Å². The van der Waals surface area contributed by atoms with E-state index in [-0.39, 0.29) is 6.61 Å². The Bertz CT molecular complexity index is 856. The van der Waals surface area contributed by atoms with E-state index in [9.17, 15) is 0 Å². The van der Waals surface area contributed by atoms with Gasteiger partial charge in [0.25, 0.3) is 0 Å². The number of hydrogen-bond acceptors (Lipinski definition) is 6. The highest BCUT2D eigenvalue weighted by molar-refractivity contribution is 5.86. The van der Waals surface area contributed by atoms with Gasteiger partial charge in [-0.1, -0.05) is 18.2 Å². The minimum atomic E-state index is 0.0345. The van der Waals surface area contributed by atoms with E-state index in [2.05, 4.69) is 49.5 Å². The van der Waals surface area contributed by atoms with Crippen LogP contribution in [0, 0.1) is 0 Å². The summed E-state index contributed by atoms with van der Waals surface area (Å²) in [5.41, 5.74) is 3.30. The van der Waals surface area contributed by atoms with Gasteiger partial charge in [-0.3, -0.25) is 0 Å². The van der Waals surface area contributed by atoms with Gasteiger partial charge in [0, 0.05) is 25.3 Å². The quantitative estimate of drug-likeness (QED) is 0.716. The maximum absolute atomic E-state index is 9.13. The fraction of sp³-hybridized carbons (Fsp3) is 0.389. The van der Waals surface area contributed by atoms with Crippen molar-refractivity contribution in [1.82, 2.24) is 19.7 Å². The molecule has 0 radical (unpaired) electrons. The molecule has 2 aromatic heterocycles. The van der Waals surface area contributed by atoms with Crippen molar-refractivity contribution in [3.05, 3.63) is 42.4 Å². The molecule has 0 atom stereocenters. The lowest BCUT2D eigenvalue weighted by molar-refractivity contribution is 0.271. The SMILES string of the molecule is OCCn1ncc2c(NCc3ccccc3N3CCCC3)ncnc21. The van der Waals surface area contributed by atoms with Crippen molar-refractivity contribution in [3.63, 3.8) is 0 Å². The highest BCUT2D eigenvalue weighted by atomic mass is 16.3. The third-order valence-corrected chi connectivity index (χ3v) is 4.63. The summed E-state index contributed by atoms with van der Waals surface area (Å²) in [6.07, 6.45) is 5.81. The summed E-state index contributed by atoms with van der Waals surface area (Å²) in [5.74, 6) is 0.769. The van der Waals surface area contributed by atoms with Gasteiger partial charge >= 0.3 is 0 Å². The van der Waals surface area contributed by atoms with E-state index >= 15 is 0 Å². The second kappa shape index (κ2) is 7.06. The van der Waals surface area contributed by atoms with Gasteiger partial charge in [-0.2, -0.15) is 5.10 Å². The smallest absolute Gasteiger partial charge is 0.163 e. The number of benzene rings is 1. The number of aromatic nitrogens is 4. The first-order valence-corrected chi connectivity index (χ1v) is 8.71. The normalized spacial score (nSPS) is 14.4. The molecule has 0 aliphatic carbocycles. The first kappa shape index (κ1) is 15.8. The molecule has 130 valence electrons. The van der Waals surface area contributed by atoms with Crippen molar-refractivity contribution in [2.24, 2.45) is 0 Å². The van der Waals surface area contributed by atoms with E-state index < -0.39 is 0 Å². The minimum Gasteiger partial charge on any atom is -0.394 e. The van der Waals surface area contributed by atoms with Crippen molar-refractivity contribution in [2.45, 2.75) is 25.9 Å². The monoisotopic (exact) mass is 338 g/mol. The van der Waals surface area contributed by atoms with E-state index in [1.807, 2.05) is 0 Å². The van der Waals surface area contributed by atoms with Gasteiger partial charge in [0.1, 0.15) is 12.1 Å². The Labute approximate surface area is 146 Å². The van der Waals surface area contributed by atoms with Crippen LogP contribution in [-0.2, 0) is 13.1 Å². The molecule has 3 aromatic rings. The largest absolute Gasteiger partial charge is 0.394 e. The predicted molar refractivity (Wildman–Crippen MR) is 97.6 cm³/mol. The van der Waals surface area contributed by atoms with Crippen LogP contribution in [0.25, 0.3) is 11.0 Å². The lowest BCUT2D eigenvalue weighted by Gasteiger charge is -2.21. The van der Waals surface area contributed by atoms with Crippen LogP contribution >= 0.6 is 0 Å². The molecule has 0 spiro atoms. The number of hydrogen-bond donors (Lipinski definition) is 2. The summed E-state index contributed by atoms with van der Waals surface area (Å²) in [5, 5.41) is 17.7. The zero-order valence-corrected chi connectivity index (χ0v) is 14.1. The highest BCUT2D eigenvalue weighted by Crippen LogP contribution is 2.26. The fourth-order valence-electron chi connectivity index (χ4n) is 3.40. The van der Waals surface area contributed by atoms with Crippen LogP contribution in [0.15, 0.2) is 36.8 Å². The van der Waals surface area contributed by atoms with Crippen LogP contribution in [0.4, 0.5) is 11.5 Å². The standard InChI is InChI=1S/C18H22N6O/c25-10-9-24-18-15(12-22-24)17(20-13-21-18)19-11-14-5-1-2-6-16(14)23-7-3-4-8-23/h1-2,5-6,12-13,25H,3-4,7-11H2,(H,19,20,21). The third kappa shape index (κ3) is 3.15. The van der Waals surface area contributed by atoms with E-state index in [4.69, 9.17) is 5.11 Å². The number of para-hydroxylation sites is 1. The zero-order valence-electron chi connectivity index (χ0n) is 14.1. The zero-order chi connectivity index (χ0) is 17.1. The second-order valence-electron chi connectivity index (χ2n) is 6.23. The second-order valence-corrected chi connectivity index (χ2v) is 6.23. The lowest BCUT2D eigenvalue weighted by atomic mass is 10.1. The molecule has 3 heterocycles.